The Kier molecular flexibility index (Phi) is 4.21. The molecular weight excluding hydrogens is 299 g/mol. The Balaban J connectivity index is 2.42. The van der Waals surface area contributed by atoms with Crippen LogP contribution in [0.4, 0.5) is 0 Å². The summed E-state index contributed by atoms with van der Waals surface area (Å²) in [7, 11) is 1.55. The molecular formula is C12H9Cl3OS. The lowest BCUT2D eigenvalue weighted by Crippen LogP contribution is -1.94. The highest BCUT2D eigenvalue weighted by Gasteiger charge is 2.17. The van der Waals surface area contributed by atoms with Crippen molar-refractivity contribution in [2.75, 3.05) is 7.11 Å². The molecule has 1 atom stereocenters. The summed E-state index contributed by atoms with van der Waals surface area (Å²) < 4.78 is 5.09. The highest BCUT2D eigenvalue weighted by atomic mass is 35.5. The third-order valence-corrected chi connectivity index (χ3v) is 4.50. The average Bonchev–Trinajstić information content (AvgIpc) is 2.84. The number of ether oxygens (including phenoxy) is 1. The topological polar surface area (TPSA) is 9.23 Å². The van der Waals surface area contributed by atoms with Crippen LogP contribution in [-0.4, -0.2) is 7.11 Å². The molecule has 0 aliphatic heterocycles. The van der Waals surface area contributed by atoms with Gasteiger partial charge < -0.3 is 4.74 Å². The molecule has 17 heavy (non-hydrogen) atoms. The lowest BCUT2D eigenvalue weighted by atomic mass is 10.1. The van der Waals surface area contributed by atoms with Gasteiger partial charge in [-0.05, 0) is 23.1 Å². The van der Waals surface area contributed by atoms with Crippen molar-refractivity contribution < 1.29 is 4.74 Å². The number of hydrogen-bond donors (Lipinski definition) is 0. The maximum atomic E-state index is 6.37. The van der Waals surface area contributed by atoms with Crippen LogP contribution < -0.4 is 4.74 Å². The predicted molar refractivity (Wildman–Crippen MR) is 75.0 cm³/mol. The molecule has 0 aliphatic carbocycles. The number of alkyl halides is 1. The molecule has 1 nitrogen and oxygen atoms in total. The SMILES string of the molecule is COc1cc(Cl)c(C(Cl)c2cccs2)cc1Cl. The molecule has 1 aromatic heterocycles. The largest absolute Gasteiger partial charge is 0.495 e. The molecule has 0 saturated carbocycles. The molecule has 2 rings (SSSR count). The van der Waals surface area contributed by atoms with Crippen molar-refractivity contribution in [1.82, 2.24) is 0 Å². The normalized spacial score (nSPS) is 12.5. The first-order valence-corrected chi connectivity index (χ1v) is 6.91. The first-order chi connectivity index (χ1) is 8.13. The summed E-state index contributed by atoms with van der Waals surface area (Å²) in [5, 5.41) is 2.75. The molecule has 1 heterocycles. The minimum absolute atomic E-state index is 0.286. The van der Waals surface area contributed by atoms with Gasteiger partial charge in [-0.1, -0.05) is 29.3 Å². The van der Waals surface area contributed by atoms with E-state index in [0.29, 0.717) is 15.8 Å². The summed E-state index contributed by atoms with van der Waals surface area (Å²) in [4.78, 5) is 1.04. The summed E-state index contributed by atoms with van der Waals surface area (Å²) in [6.07, 6.45) is 0. The van der Waals surface area contributed by atoms with E-state index in [1.54, 1.807) is 30.6 Å². The molecule has 90 valence electrons. The predicted octanol–water partition coefficient (Wildman–Crippen LogP) is 5.39. The fraction of sp³-hybridized carbons (Fsp3) is 0.167. The summed E-state index contributed by atoms with van der Waals surface area (Å²) in [5.41, 5.74) is 0.793. The van der Waals surface area contributed by atoms with Crippen LogP contribution in [0.5, 0.6) is 5.75 Å². The smallest absolute Gasteiger partial charge is 0.138 e. The molecule has 2 aromatic rings. The fourth-order valence-corrected chi connectivity index (χ4v) is 3.18. The highest BCUT2D eigenvalue weighted by molar-refractivity contribution is 7.10. The Morgan fingerprint density at radius 1 is 1.24 bits per heavy atom. The summed E-state index contributed by atoms with van der Waals surface area (Å²) >= 11 is 20.2. The first-order valence-electron chi connectivity index (χ1n) is 4.84. The molecule has 0 radical (unpaired) electrons. The van der Waals surface area contributed by atoms with E-state index in [0.717, 1.165) is 10.4 Å². The zero-order valence-electron chi connectivity index (χ0n) is 8.91. The van der Waals surface area contributed by atoms with Crippen LogP contribution in [-0.2, 0) is 0 Å². The van der Waals surface area contributed by atoms with Crippen LogP contribution in [0.15, 0.2) is 29.6 Å². The van der Waals surface area contributed by atoms with Gasteiger partial charge >= 0.3 is 0 Å². The van der Waals surface area contributed by atoms with E-state index < -0.39 is 0 Å². The molecule has 1 unspecified atom stereocenters. The van der Waals surface area contributed by atoms with Crippen LogP contribution in [0, 0.1) is 0 Å². The number of hydrogen-bond acceptors (Lipinski definition) is 2. The Bertz CT molecular complexity index is 511. The third kappa shape index (κ3) is 2.71. The van der Waals surface area contributed by atoms with Crippen LogP contribution in [0.2, 0.25) is 10.0 Å². The van der Waals surface area contributed by atoms with Gasteiger partial charge in [0.05, 0.1) is 17.5 Å². The molecule has 0 bridgehead atoms. The van der Waals surface area contributed by atoms with Crippen LogP contribution in [0.3, 0.4) is 0 Å². The van der Waals surface area contributed by atoms with Gasteiger partial charge in [-0.2, -0.15) is 0 Å². The number of methoxy groups -OCH3 is 1. The Hall–Kier alpha value is -0.410. The standard InChI is InChI=1S/C12H9Cl3OS/c1-16-10-6-8(13)7(5-9(10)14)12(15)11-3-2-4-17-11/h2-6,12H,1H3. The molecule has 1 aromatic carbocycles. The number of rotatable bonds is 3. The van der Waals surface area contributed by atoms with Crippen molar-refractivity contribution in [3.8, 4) is 5.75 Å². The molecule has 0 N–H and O–H groups in total. The molecule has 0 aliphatic rings. The van der Waals surface area contributed by atoms with Crippen molar-refractivity contribution in [2.24, 2.45) is 0 Å². The molecule has 5 heteroatoms. The first kappa shape index (κ1) is 13.0. The molecule has 0 fully saturated rings. The second-order valence-electron chi connectivity index (χ2n) is 3.39. The quantitative estimate of drug-likeness (QED) is 0.691. The summed E-state index contributed by atoms with van der Waals surface area (Å²) in [6.45, 7) is 0. The van der Waals surface area contributed by atoms with Gasteiger partial charge in [0, 0.05) is 16.0 Å². The molecule has 0 amide bonds. The zero-order chi connectivity index (χ0) is 12.4. The van der Waals surface area contributed by atoms with E-state index in [1.165, 1.54) is 0 Å². The van der Waals surface area contributed by atoms with Gasteiger partial charge in [0.25, 0.3) is 0 Å². The van der Waals surface area contributed by atoms with Crippen LogP contribution in [0.1, 0.15) is 15.8 Å². The Morgan fingerprint density at radius 3 is 2.59 bits per heavy atom. The van der Waals surface area contributed by atoms with Crippen molar-refractivity contribution in [3.63, 3.8) is 0 Å². The van der Waals surface area contributed by atoms with E-state index in [1.807, 2.05) is 17.5 Å². The van der Waals surface area contributed by atoms with Gasteiger partial charge in [0.1, 0.15) is 5.75 Å². The minimum atomic E-state index is -0.286. The lowest BCUT2D eigenvalue weighted by Gasteiger charge is -2.12. The van der Waals surface area contributed by atoms with E-state index in [-0.39, 0.29) is 5.38 Å². The molecule has 0 saturated heterocycles. The van der Waals surface area contributed by atoms with Gasteiger partial charge in [-0.25, -0.2) is 0 Å². The Labute approximate surface area is 119 Å². The minimum Gasteiger partial charge on any atom is -0.495 e. The summed E-state index contributed by atoms with van der Waals surface area (Å²) in [6, 6.07) is 7.35. The second-order valence-corrected chi connectivity index (χ2v) is 5.62. The summed E-state index contributed by atoms with van der Waals surface area (Å²) in [5.74, 6) is 0.551. The van der Waals surface area contributed by atoms with E-state index in [2.05, 4.69) is 0 Å². The van der Waals surface area contributed by atoms with Crippen LogP contribution in [0.25, 0.3) is 0 Å². The van der Waals surface area contributed by atoms with Gasteiger partial charge in [-0.15, -0.1) is 22.9 Å². The van der Waals surface area contributed by atoms with E-state index in [9.17, 15) is 0 Å². The average molecular weight is 308 g/mol. The van der Waals surface area contributed by atoms with Crippen molar-refractivity contribution in [2.45, 2.75) is 5.38 Å². The van der Waals surface area contributed by atoms with Gasteiger partial charge in [0.15, 0.2) is 0 Å². The van der Waals surface area contributed by atoms with Crippen LogP contribution >= 0.6 is 46.1 Å². The third-order valence-electron chi connectivity index (χ3n) is 2.34. The van der Waals surface area contributed by atoms with E-state index in [4.69, 9.17) is 39.5 Å². The van der Waals surface area contributed by atoms with Crippen molar-refractivity contribution in [1.29, 1.82) is 0 Å². The molecule has 0 spiro atoms. The fourth-order valence-electron chi connectivity index (χ4n) is 1.48. The Morgan fingerprint density at radius 2 is 2.00 bits per heavy atom. The monoisotopic (exact) mass is 306 g/mol. The number of thiophene rings is 1. The maximum Gasteiger partial charge on any atom is 0.138 e. The number of halogens is 3. The van der Waals surface area contributed by atoms with Gasteiger partial charge in [-0.3, -0.25) is 0 Å². The van der Waals surface area contributed by atoms with Crippen molar-refractivity contribution in [3.05, 3.63) is 50.1 Å². The zero-order valence-corrected chi connectivity index (χ0v) is 12.0. The second kappa shape index (κ2) is 5.49. The van der Waals surface area contributed by atoms with Crippen molar-refractivity contribution >= 4 is 46.1 Å². The maximum absolute atomic E-state index is 6.37. The highest BCUT2D eigenvalue weighted by Crippen LogP contribution is 2.40. The number of benzene rings is 1. The van der Waals surface area contributed by atoms with Gasteiger partial charge in [0.2, 0.25) is 0 Å². The lowest BCUT2D eigenvalue weighted by molar-refractivity contribution is 0.415. The van der Waals surface area contributed by atoms with E-state index >= 15 is 0 Å².